The number of allylic oxidation sites excluding steroid dienone is 2. The lowest BCUT2D eigenvalue weighted by Crippen LogP contribution is -1.85. The highest BCUT2D eigenvalue weighted by atomic mass is 16.4. The van der Waals surface area contributed by atoms with E-state index in [9.17, 15) is 4.79 Å². The molecule has 92 valence electrons. The highest BCUT2D eigenvalue weighted by Crippen LogP contribution is 2.00. The van der Waals surface area contributed by atoms with Crippen LogP contribution in [0.2, 0.25) is 0 Å². The molecule has 0 bridgehead atoms. The number of hydrogen-bond acceptors (Lipinski definition) is 3. The van der Waals surface area contributed by atoms with Gasteiger partial charge in [-0.05, 0) is 5.56 Å². The minimum absolute atomic E-state index is 0.125. The van der Waals surface area contributed by atoms with Gasteiger partial charge >= 0.3 is 5.97 Å². The fraction of sp³-hybridized carbons (Fsp3) is 0.154. The molecule has 0 spiro atoms. The van der Waals surface area contributed by atoms with Crippen molar-refractivity contribution in [2.24, 2.45) is 0 Å². The van der Waals surface area contributed by atoms with Gasteiger partial charge < -0.3 is 15.3 Å². The predicted molar refractivity (Wildman–Crippen MR) is 66.4 cm³/mol. The van der Waals surface area contributed by atoms with Crippen LogP contribution in [0.5, 0.6) is 0 Å². The molecule has 0 saturated heterocycles. The fourth-order valence-corrected chi connectivity index (χ4v) is 0.869. The lowest BCUT2D eigenvalue weighted by molar-refractivity contribution is -0.131. The summed E-state index contributed by atoms with van der Waals surface area (Å²) in [4.78, 5) is 10.1. The summed E-state index contributed by atoms with van der Waals surface area (Å²) in [5.41, 5.74) is 1.05. The summed E-state index contributed by atoms with van der Waals surface area (Å²) in [6.07, 6.45) is 6.14. The SMILES string of the molecule is O=C(O)C=CC=Cc1ccccc1.OCCO. The fourth-order valence-electron chi connectivity index (χ4n) is 0.869. The average Bonchev–Trinajstić information content (AvgIpc) is 2.36. The van der Waals surface area contributed by atoms with Gasteiger partial charge in [-0.3, -0.25) is 0 Å². The molecule has 0 saturated carbocycles. The summed E-state index contributed by atoms with van der Waals surface area (Å²) in [5, 5.41) is 23.5. The lowest BCUT2D eigenvalue weighted by Gasteiger charge is -1.87. The van der Waals surface area contributed by atoms with Crippen molar-refractivity contribution >= 4 is 12.0 Å². The van der Waals surface area contributed by atoms with Crippen LogP contribution in [0, 0.1) is 0 Å². The number of aliphatic hydroxyl groups excluding tert-OH is 2. The number of carboxylic acids is 1. The highest BCUT2D eigenvalue weighted by molar-refractivity contribution is 5.80. The monoisotopic (exact) mass is 236 g/mol. The Morgan fingerprint density at radius 1 is 1.06 bits per heavy atom. The van der Waals surface area contributed by atoms with Crippen molar-refractivity contribution in [1.29, 1.82) is 0 Å². The maximum Gasteiger partial charge on any atom is 0.328 e. The van der Waals surface area contributed by atoms with E-state index < -0.39 is 5.97 Å². The van der Waals surface area contributed by atoms with Crippen molar-refractivity contribution in [2.45, 2.75) is 0 Å². The Bertz CT molecular complexity index is 353. The molecule has 1 rings (SSSR count). The molecule has 0 aliphatic heterocycles. The van der Waals surface area contributed by atoms with E-state index in [0.29, 0.717) is 0 Å². The number of aliphatic carboxylic acids is 1. The zero-order valence-corrected chi connectivity index (χ0v) is 9.36. The first-order chi connectivity index (χ1) is 8.20. The summed E-state index contributed by atoms with van der Waals surface area (Å²) in [6, 6.07) is 9.70. The molecule has 0 fully saturated rings. The number of carboxylic acid groups (broad SMARTS) is 1. The average molecular weight is 236 g/mol. The van der Waals surface area contributed by atoms with Crippen molar-refractivity contribution in [1.82, 2.24) is 0 Å². The second-order valence-corrected chi connectivity index (χ2v) is 2.91. The van der Waals surface area contributed by atoms with E-state index in [0.717, 1.165) is 11.6 Å². The molecule has 4 nitrogen and oxygen atoms in total. The summed E-state index contributed by atoms with van der Waals surface area (Å²) >= 11 is 0. The third-order valence-electron chi connectivity index (χ3n) is 1.54. The minimum Gasteiger partial charge on any atom is -0.478 e. The zero-order valence-electron chi connectivity index (χ0n) is 9.36. The molecular formula is C13H16O4. The topological polar surface area (TPSA) is 77.8 Å². The van der Waals surface area contributed by atoms with Gasteiger partial charge in [0.2, 0.25) is 0 Å². The van der Waals surface area contributed by atoms with Crippen LogP contribution < -0.4 is 0 Å². The Balaban J connectivity index is 0.000000557. The molecular weight excluding hydrogens is 220 g/mol. The van der Waals surface area contributed by atoms with Crippen LogP contribution in [0.3, 0.4) is 0 Å². The summed E-state index contributed by atoms with van der Waals surface area (Å²) in [6.45, 7) is -0.250. The number of hydrogen-bond donors (Lipinski definition) is 3. The molecule has 1 aromatic rings. The molecule has 0 aromatic heterocycles. The zero-order chi connectivity index (χ0) is 12.9. The third kappa shape index (κ3) is 10.4. The van der Waals surface area contributed by atoms with Crippen LogP contribution in [0.25, 0.3) is 6.08 Å². The van der Waals surface area contributed by atoms with Gasteiger partial charge in [0, 0.05) is 6.08 Å². The maximum atomic E-state index is 10.1. The van der Waals surface area contributed by atoms with Crippen LogP contribution in [0.1, 0.15) is 5.56 Å². The Labute approximate surface area is 100 Å². The summed E-state index contributed by atoms with van der Waals surface area (Å²) in [5.74, 6) is -0.933. The van der Waals surface area contributed by atoms with Gasteiger partial charge in [0.05, 0.1) is 13.2 Å². The predicted octanol–water partition coefficient (Wildman–Crippen LogP) is 1.31. The smallest absolute Gasteiger partial charge is 0.328 e. The molecule has 0 atom stereocenters. The van der Waals surface area contributed by atoms with Gasteiger partial charge in [-0.1, -0.05) is 48.6 Å². The summed E-state index contributed by atoms with van der Waals surface area (Å²) in [7, 11) is 0. The first kappa shape index (κ1) is 15.1. The van der Waals surface area contributed by atoms with Gasteiger partial charge in [0.15, 0.2) is 0 Å². The van der Waals surface area contributed by atoms with Gasteiger partial charge in [0.1, 0.15) is 0 Å². The van der Waals surface area contributed by atoms with E-state index in [1.54, 1.807) is 6.08 Å². The molecule has 17 heavy (non-hydrogen) atoms. The molecule has 4 heteroatoms. The summed E-state index contributed by atoms with van der Waals surface area (Å²) < 4.78 is 0. The molecule has 0 radical (unpaired) electrons. The quantitative estimate of drug-likeness (QED) is 0.544. The molecule has 3 N–H and O–H groups in total. The van der Waals surface area contributed by atoms with E-state index in [-0.39, 0.29) is 13.2 Å². The Morgan fingerprint density at radius 2 is 1.65 bits per heavy atom. The van der Waals surface area contributed by atoms with E-state index in [2.05, 4.69) is 0 Å². The molecule has 0 aliphatic rings. The third-order valence-corrected chi connectivity index (χ3v) is 1.54. The largest absolute Gasteiger partial charge is 0.478 e. The van der Waals surface area contributed by atoms with E-state index in [1.807, 2.05) is 36.4 Å². The molecule has 0 amide bonds. The standard InChI is InChI=1S/C11H10O2.C2H6O2/c12-11(13)9-5-4-8-10-6-2-1-3-7-10;3-1-2-4/h1-9H,(H,12,13);3-4H,1-2H2. The highest BCUT2D eigenvalue weighted by Gasteiger charge is 1.82. The van der Waals surface area contributed by atoms with Gasteiger partial charge in [-0.25, -0.2) is 4.79 Å². The van der Waals surface area contributed by atoms with E-state index >= 15 is 0 Å². The lowest BCUT2D eigenvalue weighted by atomic mass is 10.2. The Morgan fingerprint density at radius 3 is 2.12 bits per heavy atom. The van der Waals surface area contributed by atoms with Gasteiger partial charge in [-0.2, -0.15) is 0 Å². The van der Waals surface area contributed by atoms with Crippen LogP contribution in [-0.2, 0) is 4.79 Å². The minimum atomic E-state index is -0.933. The number of rotatable bonds is 4. The second-order valence-electron chi connectivity index (χ2n) is 2.91. The van der Waals surface area contributed by atoms with Crippen molar-refractivity contribution in [2.75, 3.05) is 13.2 Å². The van der Waals surface area contributed by atoms with Crippen molar-refractivity contribution in [3.8, 4) is 0 Å². The van der Waals surface area contributed by atoms with Gasteiger partial charge in [0.25, 0.3) is 0 Å². The van der Waals surface area contributed by atoms with Crippen molar-refractivity contribution in [3.05, 3.63) is 54.1 Å². The second kappa shape index (κ2) is 10.6. The molecule has 1 aromatic carbocycles. The van der Waals surface area contributed by atoms with E-state index in [4.69, 9.17) is 15.3 Å². The normalized spacial score (nSPS) is 10.2. The van der Waals surface area contributed by atoms with Crippen LogP contribution in [0.15, 0.2) is 48.6 Å². The maximum absolute atomic E-state index is 10.1. The Hall–Kier alpha value is -1.91. The molecule has 0 unspecified atom stereocenters. The Kier molecular flexibility index (Phi) is 9.41. The van der Waals surface area contributed by atoms with Gasteiger partial charge in [-0.15, -0.1) is 0 Å². The van der Waals surface area contributed by atoms with E-state index in [1.165, 1.54) is 6.08 Å². The number of benzene rings is 1. The number of carbonyl (C=O) groups is 1. The molecule has 0 aliphatic carbocycles. The first-order valence-corrected chi connectivity index (χ1v) is 5.05. The van der Waals surface area contributed by atoms with Crippen molar-refractivity contribution < 1.29 is 20.1 Å². The van der Waals surface area contributed by atoms with Crippen LogP contribution in [0.4, 0.5) is 0 Å². The first-order valence-electron chi connectivity index (χ1n) is 5.05. The number of aliphatic hydroxyl groups is 2. The van der Waals surface area contributed by atoms with Crippen molar-refractivity contribution in [3.63, 3.8) is 0 Å². The van der Waals surface area contributed by atoms with Crippen LogP contribution in [-0.4, -0.2) is 34.5 Å². The molecule has 0 heterocycles. The van der Waals surface area contributed by atoms with Crippen LogP contribution >= 0.6 is 0 Å².